The van der Waals surface area contributed by atoms with E-state index in [0.717, 1.165) is 27.8 Å². The van der Waals surface area contributed by atoms with E-state index >= 15 is 0 Å². The van der Waals surface area contributed by atoms with E-state index in [9.17, 15) is 0 Å². The Kier molecular flexibility index (Phi) is 4.97. The quantitative estimate of drug-likeness (QED) is 0.286. The van der Waals surface area contributed by atoms with Gasteiger partial charge in [0.1, 0.15) is 5.52 Å². The van der Waals surface area contributed by atoms with Crippen molar-refractivity contribution < 1.29 is 4.42 Å². The molecule has 0 saturated heterocycles. The smallest absolute Gasteiger partial charge is 0.227 e. The van der Waals surface area contributed by atoms with Crippen molar-refractivity contribution in [2.45, 2.75) is 13.8 Å². The monoisotopic (exact) mass is 401 g/mol. The van der Waals surface area contributed by atoms with Gasteiger partial charge in [-0.1, -0.05) is 84.9 Å². The van der Waals surface area contributed by atoms with Crippen LogP contribution in [-0.4, -0.2) is 4.98 Å². The molecule has 0 aliphatic carbocycles. The Morgan fingerprint density at radius 2 is 1.23 bits per heavy atom. The third kappa shape index (κ3) is 4.06. The van der Waals surface area contributed by atoms with Gasteiger partial charge in [-0.25, -0.2) is 4.98 Å². The molecule has 0 amide bonds. The van der Waals surface area contributed by atoms with Crippen molar-refractivity contribution in [3.8, 4) is 22.6 Å². The predicted molar refractivity (Wildman–Crippen MR) is 130 cm³/mol. The Bertz CT molecular complexity index is 1360. The maximum Gasteiger partial charge on any atom is 0.227 e. The number of aromatic nitrogens is 1. The van der Waals surface area contributed by atoms with Gasteiger partial charge in [-0.3, -0.25) is 0 Å². The van der Waals surface area contributed by atoms with Crippen LogP contribution in [0.2, 0.25) is 0 Å². The molecule has 0 unspecified atom stereocenters. The van der Waals surface area contributed by atoms with Gasteiger partial charge in [0.15, 0.2) is 5.58 Å². The Morgan fingerprint density at radius 3 is 1.87 bits per heavy atom. The van der Waals surface area contributed by atoms with Gasteiger partial charge in [-0.15, -0.1) is 0 Å². The lowest BCUT2D eigenvalue weighted by atomic mass is 10.0. The van der Waals surface area contributed by atoms with Crippen LogP contribution in [0.5, 0.6) is 0 Å². The van der Waals surface area contributed by atoms with E-state index in [4.69, 9.17) is 4.42 Å². The number of nitrogens with zero attached hydrogens (tertiary/aromatic N) is 1. The summed E-state index contributed by atoms with van der Waals surface area (Å²) in [6.45, 7) is 4.14. The molecular weight excluding hydrogens is 378 g/mol. The van der Waals surface area contributed by atoms with Crippen molar-refractivity contribution in [2.24, 2.45) is 0 Å². The number of rotatable bonds is 4. The van der Waals surface area contributed by atoms with Crippen molar-refractivity contribution in [1.29, 1.82) is 0 Å². The van der Waals surface area contributed by atoms with Crippen LogP contribution in [-0.2, 0) is 0 Å². The average Bonchev–Trinajstić information content (AvgIpc) is 3.23. The van der Waals surface area contributed by atoms with Crippen molar-refractivity contribution in [3.63, 3.8) is 0 Å². The first kappa shape index (κ1) is 19.1. The predicted octanol–water partition coefficient (Wildman–Crippen LogP) is 7.95. The fourth-order valence-corrected chi connectivity index (χ4v) is 3.85. The summed E-state index contributed by atoms with van der Waals surface area (Å²) in [4.78, 5) is 4.68. The lowest BCUT2D eigenvalue weighted by Crippen LogP contribution is -1.79. The zero-order chi connectivity index (χ0) is 21.2. The summed E-state index contributed by atoms with van der Waals surface area (Å²) in [7, 11) is 0. The minimum atomic E-state index is 0.663. The molecule has 5 rings (SSSR count). The summed E-state index contributed by atoms with van der Waals surface area (Å²) >= 11 is 0. The number of fused-ring (bicyclic) bond motifs is 1. The van der Waals surface area contributed by atoms with Crippen molar-refractivity contribution in [3.05, 3.63) is 113 Å². The Hall–Kier alpha value is -3.91. The second-order valence-electron chi connectivity index (χ2n) is 7.89. The Labute approximate surface area is 182 Å². The highest BCUT2D eigenvalue weighted by Crippen LogP contribution is 2.28. The first-order valence-electron chi connectivity index (χ1n) is 10.5. The molecule has 0 N–H and O–H groups in total. The summed E-state index contributed by atoms with van der Waals surface area (Å²) < 4.78 is 6.03. The van der Waals surface area contributed by atoms with Crippen molar-refractivity contribution in [1.82, 2.24) is 4.98 Å². The maximum absolute atomic E-state index is 6.03. The summed E-state index contributed by atoms with van der Waals surface area (Å²) in [5.74, 6) is 0.663. The molecule has 0 fully saturated rings. The summed E-state index contributed by atoms with van der Waals surface area (Å²) in [6.07, 6.45) is 4.26. The molecule has 2 nitrogen and oxygen atoms in total. The van der Waals surface area contributed by atoms with E-state index in [-0.39, 0.29) is 0 Å². The van der Waals surface area contributed by atoms with E-state index in [1.54, 1.807) is 0 Å². The standard InChI is InChI=1S/C29H23NO/c1-20-18-21(2)28-27(19-20)30-29(31-28)26-16-12-23(13-17-26)9-8-22-10-14-25(15-11-22)24-6-4-3-5-7-24/h3-19H,1-2H3/b9-8+. The second kappa shape index (κ2) is 8.08. The third-order valence-corrected chi connectivity index (χ3v) is 5.46. The van der Waals surface area contributed by atoms with Gasteiger partial charge in [0.2, 0.25) is 5.89 Å². The fraction of sp³-hybridized carbons (Fsp3) is 0.0690. The molecule has 1 heterocycles. The topological polar surface area (TPSA) is 26.0 Å². The van der Waals surface area contributed by atoms with Gasteiger partial charge >= 0.3 is 0 Å². The van der Waals surface area contributed by atoms with Gasteiger partial charge in [-0.2, -0.15) is 0 Å². The minimum Gasteiger partial charge on any atom is -0.436 e. The van der Waals surface area contributed by atoms with Crippen molar-refractivity contribution in [2.75, 3.05) is 0 Å². The van der Waals surface area contributed by atoms with Gasteiger partial charge in [0.25, 0.3) is 0 Å². The number of aryl methyl sites for hydroxylation is 2. The number of benzene rings is 4. The highest BCUT2D eigenvalue weighted by molar-refractivity contribution is 5.80. The largest absolute Gasteiger partial charge is 0.436 e. The van der Waals surface area contributed by atoms with Crippen LogP contribution in [0.3, 0.4) is 0 Å². The maximum atomic E-state index is 6.03. The van der Waals surface area contributed by atoms with Gasteiger partial charge in [0.05, 0.1) is 0 Å². The molecule has 0 bridgehead atoms. The van der Waals surface area contributed by atoms with E-state index in [1.807, 2.05) is 6.07 Å². The Morgan fingerprint density at radius 1 is 0.645 bits per heavy atom. The van der Waals surface area contributed by atoms with Crippen LogP contribution in [0.25, 0.3) is 45.8 Å². The van der Waals surface area contributed by atoms with Crippen LogP contribution >= 0.6 is 0 Å². The first-order chi connectivity index (χ1) is 15.2. The number of hydrogen-bond acceptors (Lipinski definition) is 2. The molecule has 150 valence electrons. The molecule has 0 aliphatic heterocycles. The number of oxazole rings is 1. The minimum absolute atomic E-state index is 0.663. The highest BCUT2D eigenvalue weighted by Gasteiger charge is 2.10. The fourth-order valence-electron chi connectivity index (χ4n) is 3.85. The average molecular weight is 402 g/mol. The molecule has 0 saturated carbocycles. The van der Waals surface area contributed by atoms with Crippen LogP contribution in [0.4, 0.5) is 0 Å². The van der Waals surface area contributed by atoms with E-state index in [1.165, 1.54) is 22.3 Å². The molecular formula is C29H23NO. The molecule has 5 aromatic rings. The third-order valence-electron chi connectivity index (χ3n) is 5.46. The second-order valence-corrected chi connectivity index (χ2v) is 7.89. The molecule has 31 heavy (non-hydrogen) atoms. The first-order valence-corrected chi connectivity index (χ1v) is 10.5. The lowest BCUT2D eigenvalue weighted by molar-refractivity contribution is 0.617. The summed E-state index contributed by atoms with van der Waals surface area (Å²) in [5.41, 5.74) is 9.85. The lowest BCUT2D eigenvalue weighted by Gasteiger charge is -2.02. The van der Waals surface area contributed by atoms with E-state index in [2.05, 4.69) is 116 Å². The molecule has 0 aliphatic rings. The van der Waals surface area contributed by atoms with Gasteiger partial charge in [-0.05, 0) is 65.4 Å². The van der Waals surface area contributed by atoms with Crippen LogP contribution in [0, 0.1) is 13.8 Å². The summed E-state index contributed by atoms with van der Waals surface area (Å²) in [5, 5.41) is 0. The Balaban J connectivity index is 1.33. The van der Waals surface area contributed by atoms with Crippen LogP contribution in [0.1, 0.15) is 22.3 Å². The van der Waals surface area contributed by atoms with E-state index in [0.29, 0.717) is 5.89 Å². The number of hydrogen-bond donors (Lipinski definition) is 0. The van der Waals surface area contributed by atoms with Crippen LogP contribution < -0.4 is 0 Å². The molecule has 0 spiro atoms. The van der Waals surface area contributed by atoms with Crippen molar-refractivity contribution >= 4 is 23.3 Å². The zero-order valence-electron chi connectivity index (χ0n) is 17.7. The molecule has 0 atom stereocenters. The molecule has 4 aromatic carbocycles. The summed E-state index contributed by atoms with van der Waals surface area (Å²) in [6, 6.07) is 31.6. The highest BCUT2D eigenvalue weighted by atomic mass is 16.3. The van der Waals surface area contributed by atoms with Crippen LogP contribution in [0.15, 0.2) is 95.4 Å². The van der Waals surface area contributed by atoms with Gasteiger partial charge in [0, 0.05) is 5.56 Å². The van der Waals surface area contributed by atoms with E-state index < -0.39 is 0 Å². The molecule has 1 aromatic heterocycles. The normalized spacial score (nSPS) is 11.4. The molecule has 2 heteroatoms. The SMILES string of the molecule is Cc1cc(C)c2oc(-c3ccc(/C=C/c4ccc(-c5ccccc5)cc4)cc3)nc2c1. The zero-order valence-corrected chi connectivity index (χ0v) is 17.7. The van der Waals surface area contributed by atoms with Gasteiger partial charge < -0.3 is 4.42 Å². The molecule has 0 radical (unpaired) electrons.